The number of pyridine rings is 1. The first-order valence-corrected chi connectivity index (χ1v) is 15.9. The summed E-state index contributed by atoms with van der Waals surface area (Å²) in [4.78, 5) is 19.3. The summed E-state index contributed by atoms with van der Waals surface area (Å²) < 4.78 is 31.0. The fourth-order valence-electron chi connectivity index (χ4n) is 5.46. The lowest BCUT2D eigenvalue weighted by atomic mass is 9.93. The molecule has 0 radical (unpaired) electrons. The number of benzene rings is 2. The fraction of sp³-hybridized carbons (Fsp3) is 0.355. The van der Waals surface area contributed by atoms with E-state index in [1.165, 1.54) is 5.69 Å². The summed E-state index contributed by atoms with van der Waals surface area (Å²) in [6.45, 7) is 6.75. The Kier molecular flexibility index (Phi) is 8.85. The number of halogens is 1. The van der Waals surface area contributed by atoms with E-state index >= 15 is 0 Å². The molecule has 0 unspecified atom stereocenters. The van der Waals surface area contributed by atoms with Crippen LogP contribution in [-0.2, 0) is 21.4 Å². The minimum Gasteiger partial charge on any atom is -0.371 e. The van der Waals surface area contributed by atoms with E-state index < -0.39 is 10.0 Å². The third-order valence-electron chi connectivity index (χ3n) is 7.87. The number of aromatic nitrogens is 2. The molecule has 2 aromatic carbocycles. The number of carbonyl (C=O) groups excluding carboxylic acids is 1. The molecule has 3 heterocycles. The zero-order valence-corrected chi connectivity index (χ0v) is 25.0. The lowest BCUT2D eigenvalue weighted by molar-refractivity contribution is -0.121. The minimum atomic E-state index is -3.80. The molecule has 1 aliphatic rings. The summed E-state index contributed by atoms with van der Waals surface area (Å²) in [5, 5.41) is 4.59. The number of sulfonamides is 1. The predicted molar refractivity (Wildman–Crippen MR) is 165 cm³/mol. The molecule has 0 aliphatic carbocycles. The van der Waals surface area contributed by atoms with Crippen LogP contribution in [0.1, 0.15) is 36.8 Å². The number of anilines is 2. The third-order valence-corrected chi connectivity index (χ3v) is 9.80. The van der Waals surface area contributed by atoms with Crippen molar-refractivity contribution < 1.29 is 13.2 Å². The highest BCUT2D eigenvalue weighted by atomic mass is 35.5. The van der Waals surface area contributed by atoms with Crippen molar-refractivity contribution in [1.29, 1.82) is 0 Å². The van der Waals surface area contributed by atoms with Gasteiger partial charge in [-0.25, -0.2) is 8.42 Å². The van der Waals surface area contributed by atoms with Crippen LogP contribution in [0.25, 0.3) is 10.9 Å². The predicted octanol–water partition coefficient (Wildman–Crippen LogP) is 5.92. The molecule has 216 valence electrons. The highest BCUT2D eigenvalue weighted by Gasteiger charge is 2.20. The molecule has 1 saturated heterocycles. The van der Waals surface area contributed by atoms with Crippen LogP contribution in [0.15, 0.2) is 72.0 Å². The van der Waals surface area contributed by atoms with Crippen molar-refractivity contribution >= 4 is 49.8 Å². The molecule has 4 aromatic rings. The molecule has 1 aliphatic heterocycles. The van der Waals surface area contributed by atoms with Gasteiger partial charge in [-0.05, 0) is 98.0 Å². The summed E-state index contributed by atoms with van der Waals surface area (Å²) >= 11 is 6.16. The number of amides is 1. The van der Waals surface area contributed by atoms with Gasteiger partial charge in [-0.2, -0.15) is 0 Å². The number of nitrogens with zero attached hydrogens (tertiary/aromatic N) is 3. The van der Waals surface area contributed by atoms with E-state index in [-0.39, 0.29) is 10.8 Å². The third kappa shape index (κ3) is 7.02. The highest BCUT2D eigenvalue weighted by Crippen LogP contribution is 2.28. The average molecular weight is 594 g/mol. The number of nitrogens with one attached hydrogen (secondary N) is 2. The van der Waals surface area contributed by atoms with E-state index in [2.05, 4.69) is 32.1 Å². The van der Waals surface area contributed by atoms with Crippen LogP contribution in [0.3, 0.4) is 0 Å². The Morgan fingerprint density at radius 2 is 1.78 bits per heavy atom. The van der Waals surface area contributed by atoms with Gasteiger partial charge >= 0.3 is 0 Å². The minimum absolute atomic E-state index is 0.0199. The molecule has 0 atom stereocenters. The number of hydrogen-bond acceptors (Lipinski definition) is 5. The molecular formula is C31H36ClN5O3S. The number of hydrogen-bond donors (Lipinski definition) is 2. The molecule has 0 spiro atoms. The van der Waals surface area contributed by atoms with Crippen LogP contribution in [0.4, 0.5) is 11.4 Å². The molecule has 1 amide bonds. The van der Waals surface area contributed by atoms with Gasteiger partial charge in [-0.3, -0.25) is 14.5 Å². The van der Waals surface area contributed by atoms with E-state index in [4.69, 9.17) is 11.6 Å². The van der Waals surface area contributed by atoms with Crippen molar-refractivity contribution in [3.8, 4) is 0 Å². The molecule has 2 N–H and O–H groups in total. The van der Waals surface area contributed by atoms with Crippen molar-refractivity contribution in [2.24, 2.45) is 5.92 Å². The van der Waals surface area contributed by atoms with E-state index in [0.717, 1.165) is 43.3 Å². The van der Waals surface area contributed by atoms with Gasteiger partial charge in [0.15, 0.2) is 0 Å². The van der Waals surface area contributed by atoms with Crippen molar-refractivity contribution in [3.05, 3.63) is 83.3 Å². The number of carbonyl (C=O) groups is 1. The second-order valence-corrected chi connectivity index (χ2v) is 12.8. The van der Waals surface area contributed by atoms with Gasteiger partial charge in [0.25, 0.3) is 10.0 Å². The first-order valence-electron chi connectivity index (χ1n) is 14.0. The van der Waals surface area contributed by atoms with Gasteiger partial charge in [0.05, 0.1) is 16.1 Å². The molecule has 8 nitrogen and oxygen atoms in total. The van der Waals surface area contributed by atoms with Crippen molar-refractivity contribution in [1.82, 2.24) is 14.9 Å². The van der Waals surface area contributed by atoms with Crippen molar-refractivity contribution in [2.45, 2.75) is 51.0 Å². The Labute approximate surface area is 246 Å². The lowest BCUT2D eigenvalue weighted by Crippen LogP contribution is -2.35. The van der Waals surface area contributed by atoms with E-state index in [9.17, 15) is 13.2 Å². The van der Waals surface area contributed by atoms with Crippen LogP contribution in [0.5, 0.6) is 0 Å². The molecule has 0 saturated carbocycles. The van der Waals surface area contributed by atoms with Gasteiger partial charge in [0.1, 0.15) is 0 Å². The maximum atomic E-state index is 13.1. The van der Waals surface area contributed by atoms with Gasteiger partial charge < -0.3 is 14.8 Å². The summed E-state index contributed by atoms with van der Waals surface area (Å²) in [7, 11) is -3.80. The standard InChI is InChI=1S/C31H36ClN5O3S/c1-22-20-30(23(2)19-28(22)32)41(39,40)35-26-4-3-25-10-17-37(29(25)21-26)18-11-31(38)34-14-5-24-8-15-36(16-9-24)27-6-12-33-13-7-27/h3-4,6-7,10,12-13,17,19-21,24,35H,5,8-9,11,14-16,18H2,1-2H3,(H,34,38). The molecule has 10 heteroatoms. The van der Waals surface area contributed by atoms with Crippen LogP contribution >= 0.6 is 11.6 Å². The summed E-state index contributed by atoms with van der Waals surface area (Å²) in [5.74, 6) is 0.635. The van der Waals surface area contributed by atoms with Crippen LogP contribution in [-0.4, -0.2) is 43.5 Å². The maximum absolute atomic E-state index is 13.1. The van der Waals surface area contributed by atoms with Gasteiger partial charge in [0, 0.05) is 61.9 Å². The number of rotatable bonds is 10. The number of piperidine rings is 1. The van der Waals surface area contributed by atoms with Crippen LogP contribution < -0.4 is 14.9 Å². The number of fused-ring (bicyclic) bond motifs is 1. The maximum Gasteiger partial charge on any atom is 0.262 e. The second-order valence-electron chi connectivity index (χ2n) is 10.8. The molecule has 5 rings (SSSR count). The molecule has 1 fully saturated rings. The largest absolute Gasteiger partial charge is 0.371 e. The topological polar surface area (TPSA) is 96.3 Å². The Hall–Kier alpha value is -3.56. The first kappa shape index (κ1) is 29.0. The zero-order chi connectivity index (χ0) is 29.0. The summed E-state index contributed by atoms with van der Waals surface area (Å²) in [6, 6.07) is 14.8. The van der Waals surface area contributed by atoms with Gasteiger partial charge in [0.2, 0.25) is 5.91 Å². The Morgan fingerprint density at radius 1 is 1.02 bits per heavy atom. The molecule has 2 aromatic heterocycles. The van der Waals surface area contributed by atoms with E-state index in [0.29, 0.717) is 47.3 Å². The fourth-order valence-corrected chi connectivity index (χ4v) is 7.04. The normalized spacial score (nSPS) is 14.4. The smallest absolute Gasteiger partial charge is 0.262 e. The van der Waals surface area contributed by atoms with E-state index in [1.807, 2.05) is 35.3 Å². The van der Waals surface area contributed by atoms with Gasteiger partial charge in [-0.15, -0.1) is 0 Å². The van der Waals surface area contributed by atoms with Crippen LogP contribution in [0, 0.1) is 19.8 Å². The monoisotopic (exact) mass is 593 g/mol. The summed E-state index contributed by atoms with van der Waals surface area (Å²) in [5.41, 5.74) is 3.83. The first-order chi connectivity index (χ1) is 19.7. The van der Waals surface area contributed by atoms with Crippen LogP contribution in [0.2, 0.25) is 5.02 Å². The molecular weight excluding hydrogens is 558 g/mol. The Morgan fingerprint density at radius 3 is 2.54 bits per heavy atom. The Bertz CT molecular complexity index is 1630. The second kappa shape index (κ2) is 12.5. The Balaban J connectivity index is 1.12. The summed E-state index contributed by atoms with van der Waals surface area (Å²) in [6.07, 6.45) is 9.17. The zero-order valence-electron chi connectivity index (χ0n) is 23.4. The number of aryl methyl sites for hydroxylation is 3. The molecule has 41 heavy (non-hydrogen) atoms. The van der Waals surface area contributed by atoms with E-state index in [1.54, 1.807) is 38.1 Å². The van der Waals surface area contributed by atoms with Gasteiger partial charge in [-0.1, -0.05) is 17.7 Å². The highest BCUT2D eigenvalue weighted by molar-refractivity contribution is 7.92. The average Bonchev–Trinajstić information content (AvgIpc) is 3.36. The quantitative estimate of drug-likeness (QED) is 0.238. The van der Waals surface area contributed by atoms with Crippen molar-refractivity contribution in [3.63, 3.8) is 0 Å². The SMILES string of the molecule is Cc1cc(S(=O)(=O)Nc2ccc3ccn(CCC(=O)NCCC4CCN(c5ccncc5)CC4)c3c2)c(C)cc1Cl. The lowest BCUT2D eigenvalue weighted by Gasteiger charge is -2.33. The molecule has 0 bridgehead atoms. The van der Waals surface area contributed by atoms with Crippen molar-refractivity contribution in [2.75, 3.05) is 29.3 Å².